The van der Waals surface area contributed by atoms with Crippen LogP contribution in [0.5, 0.6) is 0 Å². The topological polar surface area (TPSA) is 62.5 Å². The van der Waals surface area contributed by atoms with Gasteiger partial charge in [-0.2, -0.15) is 0 Å². The molecule has 0 fully saturated rings. The average Bonchev–Trinajstić information content (AvgIpc) is 2.49. The van der Waals surface area contributed by atoms with Crippen molar-refractivity contribution in [3.63, 3.8) is 0 Å². The van der Waals surface area contributed by atoms with Gasteiger partial charge in [0.05, 0.1) is 5.56 Å². The van der Waals surface area contributed by atoms with E-state index in [2.05, 4.69) is 0 Å². The maximum atomic E-state index is 11.5. The van der Waals surface area contributed by atoms with E-state index >= 15 is 0 Å². The lowest BCUT2D eigenvalue weighted by molar-refractivity contribution is -0.137. The van der Waals surface area contributed by atoms with E-state index in [0.717, 1.165) is 4.90 Å². The summed E-state index contributed by atoms with van der Waals surface area (Å²) < 4.78 is 1.74. The largest absolute Gasteiger partial charge is 0.480 e. The van der Waals surface area contributed by atoms with Crippen molar-refractivity contribution in [3.8, 4) is 0 Å². The zero-order valence-corrected chi connectivity index (χ0v) is 8.10. The molecule has 14 heavy (non-hydrogen) atoms. The van der Waals surface area contributed by atoms with E-state index in [4.69, 9.17) is 5.11 Å². The molecule has 5 heteroatoms. The van der Waals surface area contributed by atoms with Crippen LogP contribution in [0.15, 0.2) is 18.5 Å². The molecular formula is C9H12N2O3. The minimum Gasteiger partial charge on any atom is -0.480 e. The monoisotopic (exact) mass is 196 g/mol. The Labute approximate surface area is 81.6 Å². The third-order valence-corrected chi connectivity index (χ3v) is 1.80. The highest BCUT2D eigenvalue weighted by Gasteiger charge is 2.14. The fraction of sp³-hybridized carbons (Fsp3) is 0.333. The predicted molar refractivity (Wildman–Crippen MR) is 50.0 cm³/mol. The van der Waals surface area contributed by atoms with Crippen LogP contribution in [0.4, 0.5) is 0 Å². The van der Waals surface area contributed by atoms with E-state index in [1.165, 1.54) is 7.05 Å². The Balaban J connectivity index is 2.70. The summed E-state index contributed by atoms with van der Waals surface area (Å²) in [5.74, 6) is -1.30. The van der Waals surface area contributed by atoms with E-state index in [-0.39, 0.29) is 12.5 Å². The second-order valence-electron chi connectivity index (χ2n) is 3.12. The molecule has 1 heterocycles. The standard InChI is InChI=1S/C9H12N2O3/c1-10-4-3-7(5-10)9(14)11(2)6-8(12)13/h3-5H,6H2,1-2H3,(H,12,13). The molecule has 0 aromatic carbocycles. The van der Waals surface area contributed by atoms with Crippen LogP contribution in [-0.2, 0) is 11.8 Å². The fourth-order valence-corrected chi connectivity index (χ4v) is 1.12. The normalized spacial score (nSPS) is 9.86. The summed E-state index contributed by atoms with van der Waals surface area (Å²) in [7, 11) is 3.26. The molecule has 0 unspecified atom stereocenters. The number of carbonyl (C=O) groups excluding carboxylic acids is 1. The highest BCUT2D eigenvalue weighted by atomic mass is 16.4. The van der Waals surface area contributed by atoms with Gasteiger partial charge in [-0.3, -0.25) is 9.59 Å². The number of amides is 1. The maximum Gasteiger partial charge on any atom is 0.323 e. The number of hydrogen-bond acceptors (Lipinski definition) is 2. The van der Waals surface area contributed by atoms with Crippen LogP contribution in [0.3, 0.4) is 0 Å². The van der Waals surface area contributed by atoms with Crippen molar-refractivity contribution in [2.45, 2.75) is 0 Å². The third kappa shape index (κ3) is 2.35. The molecule has 1 N–H and O–H groups in total. The second-order valence-corrected chi connectivity index (χ2v) is 3.12. The van der Waals surface area contributed by atoms with Gasteiger partial charge in [-0.05, 0) is 6.07 Å². The van der Waals surface area contributed by atoms with Gasteiger partial charge in [-0.25, -0.2) is 0 Å². The minimum atomic E-state index is -1.02. The highest BCUT2D eigenvalue weighted by Crippen LogP contribution is 2.03. The SMILES string of the molecule is CN(CC(=O)O)C(=O)c1ccn(C)c1. The molecule has 0 atom stereocenters. The molecule has 1 rings (SSSR count). The van der Waals surface area contributed by atoms with Crippen LogP contribution in [0, 0.1) is 0 Å². The Morgan fingerprint density at radius 2 is 2.21 bits per heavy atom. The molecule has 76 valence electrons. The summed E-state index contributed by atoms with van der Waals surface area (Å²) in [5.41, 5.74) is 0.497. The Morgan fingerprint density at radius 3 is 2.64 bits per heavy atom. The first-order valence-corrected chi connectivity index (χ1v) is 4.10. The first-order valence-electron chi connectivity index (χ1n) is 4.10. The van der Waals surface area contributed by atoms with Gasteiger partial charge in [-0.15, -0.1) is 0 Å². The smallest absolute Gasteiger partial charge is 0.323 e. The van der Waals surface area contributed by atoms with Crippen molar-refractivity contribution < 1.29 is 14.7 Å². The third-order valence-electron chi connectivity index (χ3n) is 1.80. The summed E-state index contributed by atoms with van der Waals surface area (Å²) in [6.45, 7) is -0.284. The van der Waals surface area contributed by atoms with Crippen LogP contribution >= 0.6 is 0 Å². The molecule has 1 aromatic rings. The zero-order chi connectivity index (χ0) is 10.7. The van der Waals surface area contributed by atoms with Gasteiger partial charge in [0.15, 0.2) is 0 Å². The van der Waals surface area contributed by atoms with Crippen LogP contribution in [0.2, 0.25) is 0 Å². The molecule has 0 aliphatic rings. The molecule has 0 spiro atoms. The van der Waals surface area contributed by atoms with Gasteiger partial charge in [0.1, 0.15) is 6.54 Å². The molecular weight excluding hydrogens is 184 g/mol. The lowest BCUT2D eigenvalue weighted by atomic mass is 10.3. The number of aromatic nitrogens is 1. The number of carbonyl (C=O) groups is 2. The van der Waals surface area contributed by atoms with E-state index in [0.29, 0.717) is 5.56 Å². The summed E-state index contributed by atoms with van der Waals surface area (Å²) in [4.78, 5) is 23.1. The fourth-order valence-electron chi connectivity index (χ4n) is 1.12. The summed E-state index contributed by atoms with van der Waals surface area (Å²) in [5, 5.41) is 8.49. The average molecular weight is 196 g/mol. The van der Waals surface area contributed by atoms with Gasteiger partial charge >= 0.3 is 5.97 Å². The number of aliphatic carboxylic acids is 1. The number of carboxylic acids is 1. The zero-order valence-electron chi connectivity index (χ0n) is 8.10. The van der Waals surface area contributed by atoms with Crippen LogP contribution in [0.1, 0.15) is 10.4 Å². The van der Waals surface area contributed by atoms with Crippen molar-refractivity contribution in [2.75, 3.05) is 13.6 Å². The summed E-state index contributed by atoms with van der Waals surface area (Å²) in [6.07, 6.45) is 3.39. The Kier molecular flexibility index (Phi) is 2.91. The Morgan fingerprint density at radius 1 is 1.57 bits per heavy atom. The van der Waals surface area contributed by atoms with Crippen molar-refractivity contribution in [3.05, 3.63) is 24.0 Å². The molecule has 0 saturated carbocycles. The number of carboxylic acid groups (broad SMARTS) is 1. The van der Waals surface area contributed by atoms with Crippen LogP contribution < -0.4 is 0 Å². The Bertz CT molecular complexity index is 357. The molecule has 0 bridgehead atoms. The molecule has 1 amide bonds. The number of nitrogens with zero attached hydrogens (tertiary/aromatic N) is 2. The first-order chi connectivity index (χ1) is 6.50. The lowest BCUT2D eigenvalue weighted by Gasteiger charge is -2.12. The van der Waals surface area contributed by atoms with E-state index < -0.39 is 5.97 Å². The molecule has 0 saturated heterocycles. The lowest BCUT2D eigenvalue weighted by Crippen LogP contribution is -2.31. The van der Waals surface area contributed by atoms with Crippen molar-refractivity contribution >= 4 is 11.9 Å². The molecule has 0 aliphatic carbocycles. The van der Waals surface area contributed by atoms with E-state index in [9.17, 15) is 9.59 Å². The predicted octanol–water partition coefficient (Wildman–Crippen LogP) is 0.182. The number of hydrogen-bond donors (Lipinski definition) is 1. The highest BCUT2D eigenvalue weighted by molar-refractivity contribution is 5.95. The molecule has 0 aliphatic heterocycles. The maximum absolute atomic E-state index is 11.5. The van der Waals surface area contributed by atoms with Gasteiger partial charge in [0.2, 0.25) is 0 Å². The number of rotatable bonds is 3. The van der Waals surface area contributed by atoms with E-state index in [1.807, 2.05) is 0 Å². The Hall–Kier alpha value is -1.78. The van der Waals surface area contributed by atoms with Crippen molar-refractivity contribution in [1.82, 2.24) is 9.47 Å². The summed E-state index contributed by atoms with van der Waals surface area (Å²) in [6, 6.07) is 1.65. The van der Waals surface area contributed by atoms with Gasteiger partial charge in [-0.1, -0.05) is 0 Å². The molecule has 1 aromatic heterocycles. The van der Waals surface area contributed by atoms with Crippen molar-refractivity contribution in [2.24, 2.45) is 7.05 Å². The quantitative estimate of drug-likeness (QED) is 0.750. The summed E-state index contributed by atoms with van der Waals surface area (Å²) >= 11 is 0. The van der Waals surface area contributed by atoms with Gasteiger partial charge in [0, 0.05) is 26.5 Å². The number of aryl methyl sites for hydroxylation is 1. The molecule has 5 nitrogen and oxygen atoms in total. The van der Waals surface area contributed by atoms with Crippen LogP contribution in [-0.4, -0.2) is 40.0 Å². The van der Waals surface area contributed by atoms with Gasteiger partial charge in [0.25, 0.3) is 5.91 Å². The first kappa shape index (κ1) is 10.3. The van der Waals surface area contributed by atoms with Gasteiger partial charge < -0.3 is 14.6 Å². The molecule has 0 radical (unpaired) electrons. The van der Waals surface area contributed by atoms with Crippen LogP contribution in [0.25, 0.3) is 0 Å². The second kappa shape index (κ2) is 3.95. The van der Waals surface area contributed by atoms with E-state index in [1.54, 1.807) is 30.1 Å². The minimum absolute atomic E-state index is 0.284. The number of likely N-dealkylation sites (N-methyl/N-ethyl adjacent to an activating group) is 1. The van der Waals surface area contributed by atoms with Crippen molar-refractivity contribution in [1.29, 1.82) is 0 Å².